The van der Waals surface area contributed by atoms with E-state index >= 15 is 0 Å². The maximum absolute atomic E-state index is 11.0. The van der Waals surface area contributed by atoms with E-state index in [0.717, 1.165) is 10.5 Å². The number of nitro groups is 1. The van der Waals surface area contributed by atoms with Gasteiger partial charge in [-0.3, -0.25) is 10.1 Å². The maximum Gasteiger partial charge on any atom is 0.274 e. The van der Waals surface area contributed by atoms with Gasteiger partial charge < -0.3 is 5.11 Å². The molecule has 0 saturated carbocycles. The number of nitro benzene ring substituents is 1. The van der Waals surface area contributed by atoms with Gasteiger partial charge in [0, 0.05) is 16.7 Å². The average molecular weight is 324 g/mol. The molecule has 2 aromatic carbocycles. The SMILES string of the molecule is CC(O)c1cccc(SCc2c(Cl)cccc2[N+](=O)[O-])c1. The summed E-state index contributed by atoms with van der Waals surface area (Å²) in [6, 6.07) is 12.1. The summed E-state index contributed by atoms with van der Waals surface area (Å²) in [6.07, 6.45) is -0.541. The lowest BCUT2D eigenvalue weighted by Crippen LogP contribution is -1.95. The van der Waals surface area contributed by atoms with Gasteiger partial charge in [0.25, 0.3) is 5.69 Å². The lowest BCUT2D eigenvalue weighted by atomic mass is 10.1. The van der Waals surface area contributed by atoms with Crippen LogP contribution in [0.4, 0.5) is 5.69 Å². The van der Waals surface area contributed by atoms with Crippen molar-refractivity contribution < 1.29 is 10.0 Å². The number of benzene rings is 2. The Morgan fingerprint density at radius 1 is 1.33 bits per heavy atom. The zero-order chi connectivity index (χ0) is 15.4. The number of hydrogen-bond acceptors (Lipinski definition) is 4. The van der Waals surface area contributed by atoms with Gasteiger partial charge in [-0.1, -0.05) is 29.8 Å². The van der Waals surface area contributed by atoms with Crippen molar-refractivity contribution in [3.8, 4) is 0 Å². The summed E-state index contributed by atoms with van der Waals surface area (Å²) in [6.45, 7) is 1.70. The Labute approximate surface area is 131 Å². The topological polar surface area (TPSA) is 63.4 Å². The predicted molar refractivity (Wildman–Crippen MR) is 84.7 cm³/mol. The van der Waals surface area contributed by atoms with Crippen molar-refractivity contribution >= 4 is 29.1 Å². The second-order valence-corrected chi connectivity index (χ2v) is 5.99. The number of rotatable bonds is 5. The monoisotopic (exact) mass is 323 g/mol. The predicted octanol–water partition coefficient (Wildman–Crippen LogP) is 4.59. The van der Waals surface area contributed by atoms with Crippen LogP contribution in [0.15, 0.2) is 47.4 Å². The fraction of sp³-hybridized carbons (Fsp3) is 0.200. The van der Waals surface area contributed by atoms with Gasteiger partial charge in [-0.15, -0.1) is 11.8 Å². The standard InChI is InChI=1S/C15H14ClNO3S/c1-10(18)11-4-2-5-12(8-11)21-9-13-14(16)6-3-7-15(13)17(19)20/h2-8,10,18H,9H2,1H3. The minimum atomic E-state index is -0.541. The molecule has 0 aliphatic rings. The van der Waals surface area contributed by atoms with Crippen molar-refractivity contribution in [1.29, 1.82) is 0 Å². The first kappa shape index (κ1) is 15.8. The minimum Gasteiger partial charge on any atom is -0.389 e. The molecule has 0 bridgehead atoms. The smallest absolute Gasteiger partial charge is 0.274 e. The molecule has 110 valence electrons. The van der Waals surface area contributed by atoms with Crippen molar-refractivity contribution in [2.45, 2.75) is 23.7 Å². The normalized spacial score (nSPS) is 12.1. The third-order valence-electron chi connectivity index (χ3n) is 3.01. The Morgan fingerprint density at radius 3 is 2.71 bits per heavy atom. The molecule has 0 amide bonds. The molecular weight excluding hydrogens is 310 g/mol. The largest absolute Gasteiger partial charge is 0.389 e. The first-order valence-corrected chi connectivity index (χ1v) is 7.68. The molecule has 0 aromatic heterocycles. The highest BCUT2D eigenvalue weighted by atomic mass is 35.5. The Hall–Kier alpha value is -1.56. The van der Waals surface area contributed by atoms with Crippen LogP contribution in [0.25, 0.3) is 0 Å². The number of halogens is 1. The molecule has 21 heavy (non-hydrogen) atoms. The second-order valence-electron chi connectivity index (χ2n) is 4.53. The average Bonchev–Trinajstić information content (AvgIpc) is 2.46. The van der Waals surface area contributed by atoms with Crippen LogP contribution in [0.1, 0.15) is 24.2 Å². The molecule has 0 aliphatic heterocycles. The van der Waals surface area contributed by atoms with E-state index in [9.17, 15) is 15.2 Å². The minimum absolute atomic E-state index is 0.0293. The van der Waals surface area contributed by atoms with Crippen LogP contribution in [-0.4, -0.2) is 10.0 Å². The molecule has 6 heteroatoms. The molecular formula is C15H14ClNO3S. The van der Waals surface area contributed by atoms with Crippen molar-refractivity contribution in [1.82, 2.24) is 0 Å². The van der Waals surface area contributed by atoms with Crippen LogP contribution in [0.2, 0.25) is 5.02 Å². The number of hydrogen-bond donors (Lipinski definition) is 1. The zero-order valence-corrected chi connectivity index (χ0v) is 12.9. The van der Waals surface area contributed by atoms with Gasteiger partial charge in [-0.2, -0.15) is 0 Å². The molecule has 0 saturated heterocycles. The molecule has 1 unspecified atom stereocenters. The van der Waals surface area contributed by atoms with Crippen molar-refractivity contribution in [2.75, 3.05) is 0 Å². The highest BCUT2D eigenvalue weighted by Gasteiger charge is 2.16. The maximum atomic E-state index is 11.0. The summed E-state index contributed by atoms with van der Waals surface area (Å²) in [4.78, 5) is 11.5. The second kappa shape index (κ2) is 6.93. The molecule has 2 rings (SSSR count). The van der Waals surface area contributed by atoms with Gasteiger partial charge in [0.05, 0.1) is 21.6 Å². The quantitative estimate of drug-likeness (QED) is 0.496. The van der Waals surface area contributed by atoms with E-state index in [1.165, 1.54) is 17.8 Å². The fourth-order valence-corrected chi connectivity index (χ4v) is 3.21. The van der Waals surface area contributed by atoms with E-state index in [4.69, 9.17) is 11.6 Å². The lowest BCUT2D eigenvalue weighted by molar-refractivity contribution is -0.385. The summed E-state index contributed by atoms with van der Waals surface area (Å²) >= 11 is 7.51. The summed E-state index contributed by atoms with van der Waals surface area (Å²) in [5.74, 6) is 0.402. The first-order valence-electron chi connectivity index (χ1n) is 6.31. The highest BCUT2D eigenvalue weighted by molar-refractivity contribution is 7.98. The lowest BCUT2D eigenvalue weighted by Gasteiger charge is -2.08. The van der Waals surface area contributed by atoms with Crippen LogP contribution in [0.5, 0.6) is 0 Å². The molecule has 0 fully saturated rings. The molecule has 0 heterocycles. The highest BCUT2D eigenvalue weighted by Crippen LogP contribution is 2.33. The molecule has 0 radical (unpaired) electrons. The summed E-state index contributed by atoms with van der Waals surface area (Å²) in [5, 5.41) is 21.0. The Kier molecular flexibility index (Phi) is 5.22. The van der Waals surface area contributed by atoms with E-state index in [2.05, 4.69) is 0 Å². The molecule has 2 aromatic rings. The van der Waals surface area contributed by atoms with Crippen molar-refractivity contribution in [3.63, 3.8) is 0 Å². The Bertz CT molecular complexity index is 661. The molecule has 0 aliphatic carbocycles. The molecule has 4 nitrogen and oxygen atoms in total. The van der Waals surface area contributed by atoms with Gasteiger partial charge in [0.15, 0.2) is 0 Å². The van der Waals surface area contributed by atoms with Crippen molar-refractivity contribution in [3.05, 3.63) is 68.7 Å². The number of thioether (sulfide) groups is 1. The van der Waals surface area contributed by atoms with Crippen LogP contribution in [0, 0.1) is 10.1 Å². The van der Waals surface area contributed by atoms with Gasteiger partial charge in [0.2, 0.25) is 0 Å². The van der Waals surface area contributed by atoms with E-state index in [1.807, 2.05) is 24.3 Å². The first-order chi connectivity index (χ1) is 9.99. The number of nitrogens with zero attached hydrogens (tertiary/aromatic N) is 1. The molecule has 1 atom stereocenters. The summed E-state index contributed by atoms with van der Waals surface area (Å²) in [5.41, 5.74) is 1.35. The summed E-state index contributed by atoms with van der Waals surface area (Å²) < 4.78 is 0. The fourth-order valence-electron chi connectivity index (χ4n) is 1.88. The van der Waals surface area contributed by atoms with Gasteiger partial charge in [-0.05, 0) is 30.7 Å². The van der Waals surface area contributed by atoms with Crippen LogP contribution in [-0.2, 0) is 5.75 Å². The third kappa shape index (κ3) is 3.97. The number of aliphatic hydroxyl groups excluding tert-OH is 1. The van der Waals surface area contributed by atoms with Crippen molar-refractivity contribution in [2.24, 2.45) is 0 Å². The van der Waals surface area contributed by atoms with Crippen LogP contribution >= 0.6 is 23.4 Å². The summed E-state index contributed by atoms with van der Waals surface area (Å²) in [7, 11) is 0. The Balaban J connectivity index is 2.21. The van der Waals surface area contributed by atoms with Crippen LogP contribution < -0.4 is 0 Å². The van der Waals surface area contributed by atoms with Crippen LogP contribution in [0.3, 0.4) is 0 Å². The van der Waals surface area contributed by atoms with Gasteiger partial charge in [-0.25, -0.2) is 0 Å². The van der Waals surface area contributed by atoms with E-state index in [-0.39, 0.29) is 5.69 Å². The molecule has 0 spiro atoms. The number of aliphatic hydroxyl groups is 1. The van der Waals surface area contributed by atoms with E-state index in [1.54, 1.807) is 19.1 Å². The Morgan fingerprint density at radius 2 is 2.05 bits per heavy atom. The third-order valence-corrected chi connectivity index (χ3v) is 4.39. The molecule has 1 N–H and O–H groups in total. The van der Waals surface area contributed by atoms with Gasteiger partial charge >= 0.3 is 0 Å². The zero-order valence-electron chi connectivity index (χ0n) is 11.3. The van der Waals surface area contributed by atoms with E-state index < -0.39 is 11.0 Å². The van der Waals surface area contributed by atoms with E-state index in [0.29, 0.717) is 16.3 Å². The van der Waals surface area contributed by atoms with Gasteiger partial charge in [0.1, 0.15) is 0 Å².